The molecule has 0 bridgehead atoms. The van der Waals surface area contributed by atoms with E-state index in [-0.39, 0.29) is 0 Å². The first-order valence-corrected chi connectivity index (χ1v) is 16.0. The fraction of sp³-hybridized carbons (Fsp3) is 0. The Morgan fingerprint density at radius 1 is 0.404 bits per heavy atom. The molecule has 0 radical (unpaired) electrons. The highest BCUT2D eigenvalue weighted by molar-refractivity contribution is 6.41. The topological polar surface area (TPSA) is 40.0 Å². The summed E-state index contributed by atoms with van der Waals surface area (Å²) < 4.78 is 7.19. The second-order valence-corrected chi connectivity index (χ2v) is 12.2. The highest BCUT2D eigenvalue weighted by Gasteiger charge is 2.28. The SMILES string of the molecule is c1ccc(-n2c3ccccc3c3c4c5ccccc5n(-c5ccccc5)c4c4c(c5ncccc5n5c6ccccc6nc45)c32)cc1. The van der Waals surface area contributed by atoms with E-state index in [1.165, 1.54) is 21.5 Å². The van der Waals surface area contributed by atoms with Gasteiger partial charge in [0.05, 0.1) is 49.5 Å². The van der Waals surface area contributed by atoms with E-state index < -0.39 is 0 Å². The van der Waals surface area contributed by atoms with Gasteiger partial charge in [0, 0.05) is 44.5 Å². The van der Waals surface area contributed by atoms with Gasteiger partial charge in [0.15, 0.2) is 0 Å². The molecular weight excluding hydrogens is 574 g/mol. The second-order valence-electron chi connectivity index (χ2n) is 12.2. The van der Waals surface area contributed by atoms with Crippen LogP contribution < -0.4 is 0 Å². The van der Waals surface area contributed by atoms with Gasteiger partial charge in [-0.25, -0.2) is 4.98 Å². The normalized spacial score (nSPS) is 12.3. The molecule has 0 aliphatic rings. The van der Waals surface area contributed by atoms with Crippen molar-refractivity contribution >= 4 is 82.1 Å². The van der Waals surface area contributed by atoms with Crippen LogP contribution in [0.25, 0.3) is 93.5 Å². The highest BCUT2D eigenvalue weighted by Crippen LogP contribution is 2.49. The third kappa shape index (κ3) is 3.12. The predicted molar refractivity (Wildman–Crippen MR) is 194 cm³/mol. The van der Waals surface area contributed by atoms with Gasteiger partial charge in [-0.1, -0.05) is 84.9 Å². The van der Waals surface area contributed by atoms with Crippen LogP contribution in [0.3, 0.4) is 0 Å². The average molecular weight is 600 g/mol. The summed E-state index contributed by atoms with van der Waals surface area (Å²) in [7, 11) is 0. The molecule has 0 fully saturated rings. The van der Waals surface area contributed by atoms with Crippen LogP contribution in [0, 0.1) is 0 Å². The Balaban J connectivity index is 1.59. The second kappa shape index (κ2) is 9.05. The van der Waals surface area contributed by atoms with Crippen molar-refractivity contribution in [2.24, 2.45) is 0 Å². The van der Waals surface area contributed by atoms with Crippen LogP contribution in [-0.2, 0) is 0 Å². The minimum Gasteiger partial charge on any atom is -0.309 e. The number of para-hydroxylation sites is 6. The fourth-order valence-corrected chi connectivity index (χ4v) is 8.04. The molecule has 0 unspecified atom stereocenters. The summed E-state index contributed by atoms with van der Waals surface area (Å²) in [4.78, 5) is 10.6. The van der Waals surface area contributed by atoms with Gasteiger partial charge in [-0.15, -0.1) is 0 Å². The smallest absolute Gasteiger partial charge is 0.148 e. The summed E-state index contributed by atoms with van der Waals surface area (Å²) in [6, 6.07) is 51.7. The highest BCUT2D eigenvalue weighted by atomic mass is 15.1. The van der Waals surface area contributed by atoms with Crippen LogP contribution in [0.15, 0.2) is 152 Å². The minimum atomic E-state index is 0.929. The predicted octanol–water partition coefficient (Wildman–Crippen LogP) is 10.4. The Hall–Kier alpha value is -6.46. The largest absolute Gasteiger partial charge is 0.309 e. The lowest BCUT2D eigenvalue weighted by molar-refractivity contribution is 1.18. The van der Waals surface area contributed by atoms with Crippen molar-refractivity contribution in [2.45, 2.75) is 0 Å². The number of fused-ring (bicyclic) bond motifs is 17. The van der Waals surface area contributed by atoms with Crippen LogP contribution in [-0.4, -0.2) is 23.5 Å². The molecule has 0 atom stereocenters. The van der Waals surface area contributed by atoms with Crippen LogP contribution in [0.4, 0.5) is 0 Å². The van der Waals surface area contributed by atoms with Gasteiger partial charge < -0.3 is 9.13 Å². The van der Waals surface area contributed by atoms with Gasteiger partial charge in [-0.05, 0) is 60.7 Å². The molecule has 11 rings (SSSR count). The van der Waals surface area contributed by atoms with E-state index in [1.807, 2.05) is 12.3 Å². The standard InChI is InChI=1S/C42H25N5/c1-3-14-26(15-4-1)45-31-21-10-7-18-28(31)35-36-29-19-8-11-22-32(29)46(27-16-5-2-6-17-27)41(36)38-37(40(35)45)39-34(24-13-25-43-39)47-33-23-12-9-20-30(33)44-42(38)47/h1-25H. The molecule has 5 nitrogen and oxygen atoms in total. The molecule has 0 amide bonds. The van der Waals surface area contributed by atoms with E-state index in [2.05, 4.69) is 153 Å². The zero-order valence-electron chi connectivity index (χ0n) is 25.2. The number of hydrogen-bond acceptors (Lipinski definition) is 2. The molecule has 5 aromatic heterocycles. The molecule has 6 aromatic carbocycles. The minimum absolute atomic E-state index is 0.929. The first kappa shape index (κ1) is 24.8. The van der Waals surface area contributed by atoms with E-state index in [0.717, 1.165) is 71.9 Å². The first-order chi connectivity index (χ1) is 23.4. The molecule has 47 heavy (non-hydrogen) atoms. The summed E-state index contributed by atoms with van der Waals surface area (Å²) in [5, 5.41) is 7.07. The number of aromatic nitrogens is 5. The Morgan fingerprint density at radius 3 is 1.55 bits per heavy atom. The van der Waals surface area contributed by atoms with Crippen molar-refractivity contribution in [3.8, 4) is 11.4 Å². The van der Waals surface area contributed by atoms with Crippen LogP contribution in [0.2, 0.25) is 0 Å². The molecule has 0 saturated heterocycles. The molecule has 0 aliphatic carbocycles. The van der Waals surface area contributed by atoms with E-state index >= 15 is 0 Å². The molecule has 0 aliphatic heterocycles. The Bertz CT molecular complexity index is 3060. The van der Waals surface area contributed by atoms with Crippen LogP contribution >= 0.6 is 0 Å². The van der Waals surface area contributed by atoms with Gasteiger partial charge in [-0.2, -0.15) is 0 Å². The van der Waals surface area contributed by atoms with E-state index in [0.29, 0.717) is 0 Å². The summed E-state index contributed by atoms with van der Waals surface area (Å²) in [5.41, 5.74) is 11.8. The van der Waals surface area contributed by atoms with Gasteiger partial charge in [0.25, 0.3) is 0 Å². The quantitative estimate of drug-likeness (QED) is 0.186. The molecule has 0 spiro atoms. The third-order valence-electron chi connectivity index (χ3n) is 9.80. The average Bonchev–Trinajstić information content (AvgIpc) is 3.80. The molecular formula is C42H25N5. The Labute approximate surface area is 268 Å². The Kier molecular flexibility index (Phi) is 4.78. The maximum atomic E-state index is 5.42. The van der Waals surface area contributed by atoms with E-state index in [9.17, 15) is 0 Å². The number of nitrogens with zero attached hydrogens (tertiary/aromatic N) is 5. The number of pyridine rings is 2. The summed E-state index contributed by atoms with van der Waals surface area (Å²) in [6.45, 7) is 0. The Morgan fingerprint density at radius 2 is 0.915 bits per heavy atom. The molecule has 0 saturated carbocycles. The number of benzene rings is 6. The molecule has 218 valence electrons. The summed E-state index contributed by atoms with van der Waals surface area (Å²) >= 11 is 0. The molecule has 11 aromatic rings. The summed E-state index contributed by atoms with van der Waals surface area (Å²) in [5.74, 6) is 0. The lowest BCUT2D eigenvalue weighted by Gasteiger charge is -2.16. The van der Waals surface area contributed by atoms with Crippen molar-refractivity contribution in [3.05, 3.63) is 152 Å². The molecule has 5 heteroatoms. The monoisotopic (exact) mass is 599 g/mol. The molecule has 5 heterocycles. The zero-order chi connectivity index (χ0) is 30.6. The number of imidazole rings is 1. The van der Waals surface area contributed by atoms with Gasteiger partial charge >= 0.3 is 0 Å². The van der Waals surface area contributed by atoms with Crippen molar-refractivity contribution in [1.82, 2.24) is 23.5 Å². The number of hydrogen-bond donors (Lipinski definition) is 0. The maximum Gasteiger partial charge on any atom is 0.148 e. The van der Waals surface area contributed by atoms with Gasteiger partial charge in [-0.3, -0.25) is 9.38 Å². The number of rotatable bonds is 2. The van der Waals surface area contributed by atoms with E-state index in [1.54, 1.807) is 0 Å². The maximum absolute atomic E-state index is 5.42. The van der Waals surface area contributed by atoms with Gasteiger partial charge in [0.1, 0.15) is 5.65 Å². The zero-order valence-corrected chi connectivity index (χ0v) is 25.2. The third-order valence-corrected chi connectivity index (χ3v) is 9.80. The summed E-state index contributed by atoms with van der Waals surface area (Å²) in [6.07, 6.45) is 1.92. The molecule has 0 N–H and O–H groups in total. The van der Waals surface area contributed by atoms with Gasteiger partial charge in [0.2, 0.25) is 0 Å². The van der Waals surface area contributed by atoms with Crippen molar-refractivity contribution < 1.29 is 0 Å². The lowest BCUT2D eigenvalue weighted by Crippen LogP contribution is -2.00. The lowest BCUT2D eigenvalue weighted by atomic mass is 9.98. The van der Waals surface area contributed by atoms with Crippen molar-refractivity contribution in [3.63, 3.8) is 0 Å². The van der Waals surface area contributed by atoms with E-state index in [4.69, 9.17) is 9.97 Å². The van der Waals surface area contributed by atoms with Crippen molar-refractivity contribution in [2.75, 3.05) is 0 Å². The first-order valence-electron chi connectivity index (χ1n) is 16.0. The fourth-order valence-electron chi connectivity index (χ4n) is 8.04. The van der Waals surface area contributed by atoms with Crippen molar-refractivity contribution in [1.29, 1.82) is 0 Å². The van der Waals surface area contributed by atoms with Crippen LogP contribution in [0.5, 0.6) is 0 Å². The van der Waals surface area contributed by atoms with Crippen LogP contribution in [0.1, 0.15) is 0 Å².